The summed E-state index contributed by atoms with van der Waals surface area (Å²) < 4.78 is 7.23. The normalized spacial score (nSPS) is 25.3. The number of hydrogen-bond donors (Lipinski definition) is 2. The van der Waals surface area contributed by atoms with Crippen LogP contribution in [-0.4, -0.2) is 71.7 Å². The highest BCUT2D eigenvalue weighted by Gasteiger charge is 2.35. The monoisotopic (exact) mass is 555 g/mol. The third-order valence-electron chi connectivity index (χ3n) is 8.50. The zero-order valence-electron chi connectivity index (χ0n) is 22.1. The lowest BCUT2D eigenvalue weighted by Crippen LogP contribution is -2.49. The summed E-state index contributed by atoms with van der Waals surface area (Å²) in [5.41, 5.74) is 2.07. The summed E-state index contributed by atoms with van der Waals surface area (Å²) in [5, 5.41) is 18.8. The number of likely N-dealkylation sites (tertiary alicyclic amines) is 2. The van der Waals surface area contributed by atoms with Crippen LogP contribution in [0.1, 0.15) is 55.8 Å². The lowest BCUT2D eigenvalue weighted by atomic mass is 9.99. The quantitative estimate of drug-likeness (QED) is 0.497. The first-order valence-electron chi connectivity index (χ1n) is 14.1. The van der Waals surface area contributed by atoms with E-state index in [9.17, 15) is 9.90 Å². The molecule has 204 valence electrons. The van der Waals surface area contributed by atoms with Gasteiger partial charge in [0.2, 0.25) is 5.91 Å². The maximum absolute atomic E-state index is 13.5. The molecule has 2 aromatic rings. The van der Waals surface area contributed by atoms with Crippen LogP contribution in [0.2, 0.25) is 5.02 Å². The Balaban J connectivity index is 1.12. The Labute approximate surface area is 233 Å². The van der Waals surface area contributed by atoms with E-state index in [1.165, 1.54) is 15.3 Å². The first-order valence-corrected chi connectivity index (χ1v) is 15.4. The summed E-state index contributed by atoms with van der Waals surface area (Å²) in [5.74, 6) is 0.641. The standard InChI is InChI=1S/C30H38ClN3O3S/c1-19-18-38-28-15-22(5-8-24(19)28)34-13-10-21(16-34)30(36)32-26(17-33-11-2-3-12-33)29(35)20-4-9-27(25(31)14-20)37-23-6-7-23/h4,8-9,14-15,18,21-23,26,29,35H,2-3,5-7,10-13,16-17H2,1H3,(H,32,36)/t21-,22?,26-,29-/m1/s1. The molecule has 0 bridgehead atoms. The fourth-order valence-electron chi connectivity index (χ4n) is 6.06. The van der Waals surface area contributed by atoms with Crippen LogP contribution >= 0.6 is 22.9 Å². The van der Waals surface area contributed by atoms with Gasteiger partial charge >= 0.3 is 0 Å². The maximum Gasteiger partial charge on any atom is 0.224 e. The summed E-state index contributed by atoms with van der Waals surface area (Å²) in [4.78, 5) is 18.3. The Bertz CT molecular complexity index is 1290. The van der Waals surface area contributed by atoms with Crippen molar-refractivity contribution in [3.8, 4) is 5.75 Å². The summed E-state index contributed by atoms with van der Waals surface area (Å²) in [6, 6.07) is 5.47. The number of nitrogens with zero attached hydrogens (tertiary/aromatic N) is 2. The number of aliphatic hydroxyl groups is 1. The molecule has 1 amide bonds. The van der Waals surface area contributed by atoms with Crippen molar-refractivity contribution in [2.24, 2.45) is 5.92 Å². The van der Waals surface area contributed by atoms with Crippen molar-refractivity contribution in [3.63, 3.8) is 0 Å². The van der Waals surface area contributed by atoms with E-state index in [-0.39, 0.29) is 17.9 Å². The lowest BCUT2D eigenvalue weighted by molar-refractivity contribution is -0.126. The van der Waals surface area contributed by atoms with Gasteiger partial charge in [-0.15, -0.1) is 11.3 Å². The molecule has 8 heteroatoms. The van der Waals surface area contributed by atoms with Gasteiger partial charge in [-0.3, -0.25) is 9.69 Å². The molecule has 0 radical (unpaired) electrons. The molecule has 0 spiro atoms. The van der Waals surface area contributed by atoms with Crippen molar-refractivity contribution >= 4 is 41.0 Å². The number of carbonyl (C=O) groups is 1. The topological polar surface area (TPSA) is 65.0 Å². The van der Waals surface area contributed by atoms with E-state index in [2.05, 4.69) is 39.6 Å². The van der Waals surface area contributed by atoms with E-state index in [4.69, 9.17) is 16.3 Å². The van der Waals surface area contributed by atoms with Crippen molar-refractivity contribution in [2.75, 3.05) is 32.7 Å². The molecular formula is C30H38ClN3O3S. The van der Waals surface area contributed by atoms with Gasteiger partial charge in [-0.05, 0) is 105 Å². The second kappa shape index (κ2) is 11.3. The Morgan fingerprint density at radius 2 is 2.05 bits per heavy atom. The molecule has 1 unspecified atom stereocenters. The summed E-state index contributed by atoms with van der Waals surface area (Å²) in [6.07, 6.45) is 10.4. The largest absolute Gasteiger partial charge is 0.489 e. The van der Waals surface area contributed by atoms with Gasteiger partial charge in [0.15, 0.2) is 0 Å². The molecule has 6 nitrogen and oxygen atoms in total. The van der Waals surface area contributed by atoms with Crippen LogP contribution in [-0.2, 0) is 4.79 Å². The third kappa shape index (κ3) is 5.82. The Hall–Kier alpha value is -1.90. The minimum absolute atomic E-state index is 0.0444. The van der Waals surface area contributed by atoms with E-state index in [0.29, 0.717) is 28.9 Å². The molecule has 2 aliphatic heterocycles. The number of nitrogens with one attached hydrogen (secondary N) is 1. The van der Waals surface area contributed by atoms with Crippen LogP contribution in [0, 0.1) is 12.8 Å². The van der Waals surface area contributed by atoms with Crippen LogP contribution in [0.5, 0.6) is 5.75 Å². The highest BCUT2D eigenvalue weighted by atomic mass is 35.5. The van der Waals surface area contributed by atoms with Gasteiger partial charge in [0.25, 0.3) is 0 Å². The number of aliphatic hydroxyl groups excluding tert-OH is 1. The maximum atomic E-state index is 13.5. The molecule has 4 atom stereocenters. The fourth-order valence-corrected chi connectivity index (χ4v) is 7.34. The number of rotatable bonds is 9. The fraction of sp³-hybridized carbons (Fsp3) is 0.567. The molecule has 3 fully saturated rings. The number of benzene rings is 1. The molecule has 1 aromatic carbocycles. The number of ether oxygens (including phenoxy) is 1. The minimum Gasteiger partial charge on any atom is -0.489 e. The molecule has 1 aromatic heterocycles. The van der Waals surface area contributed by atoms with Crippen molar-refractivity contribution < 1.29 is 14.6 Å². The van der Waals surface area contributed by atoms with E-state index < -0.39 is 12.1 Å². The highest BCUT2D eigenvalue weighted by Crippen LogP contribution is 2.34. The first kappa shape index (κ1) is 26.3. The van der Waals surface area contributed by atoms with Gasteiger partial charge in [0.1, 0.15) is 11.9 Å². The average molecular weight is 556 g/mol. The van der Waals surface area contributed by atoms with E-state index >= 15 is 0 Å². The minimum atomic E-state index is -0.841. The molecular weight excluding hydrogens is 518 g/mol. The highest BCUT2D eigenvalue weighted by molar-refractivity contribution is 7.07. The molecule has 2 aliphatic carbocycles. The second-order valence-electron chi connectivity index (χ2n) is 11.4. The van der Waals surface area contributed by atoms with Gasteiger partial charge in [-0.1, -0.05) is 23.7 Å². The Kier molecular flexibility index (Phi) is 7.83. The number of amides is 1. The summed E-state index contributed by atoms with van der Waals surface area (Å²) in [7, 11) is 0. The number of carbonyl (C=O) groups excluding carboxylic acids is 1. The lowest BCUT2D eigenvalue weighted by Gasteiger charge is -2.30. The van der Waals surface area contributed by atoms with E-state index in [1.54, 1.807) is 6.07 Å². The number of hydrogen-bond acceptors (Lipinski definition) is 6. The van der Waals surface area contributed by atoms with Crippen molar-refractivity contribution in [3.05, 3.63) is 49.5 Å². The molecule has 1 saturated carbocycles. The van der Waals surface area contributed by atoms with Gasteiger partial charge < -0.3 is 20.1 Å². The second-order valence-corrected chi connectivity index (χ2v) is 12.7. The van der Waals surface area contributed by atoms with Gasteiger partial charge in [0, 0.05) is 23.7 Å². The van der Waals surface area contributed by atoms with Crippen molar-refractivity contribution in [1.82, 2.24) is 15.1 Å². The molecule has 38 heavy (non-hydrogen) atoms. The molecule has 2 N–H and O–H groups in total. The van der Waals surface area contributed by atoms with Crippen LogP contribution < -0.4 is 19.8 Å². The van der Waals surface area contributed by atoms with E-state index in [0.717, 1.165) is 64.7 Å². The van der Waals surface area contributed by atoms with Gasteiger partial charge in [-0.25, -0.2) is 0 Å². The molecule has 3 heterocycles. The van der Waals surface area contributed by atoms with Crippen molar-refractivity contribution in [1.29, 1.82) is 0 Å². The Morgan fingerprint density at radius 3 is 2.82 bits per heavy atom. The number of aryl methyl sites for hydroxylation is 1. The Morgan fingerprint density at radius 1 is 1.24 bits per heavy atom. The summed E-state index contributed by atoms with van der Waals surface area (Å²) in [6.45, 7) is 6.49. The van der Waals surface area contributed by atoms with Crippen LogP contribution in [0.25, 0.3) is 12.2 Å². The van der Waals surface area contributed by atoms with Crippen molar-refractivity contribution in [2.45, 2.75) is 69.7 Å². The predicted molar refractivity (Wildman–Crippen MR) is 153 cm³/mol. The summed E-state index contributed by atoms with van der Waals surface area (Å²) >= 11 is 8.32. The molecule has 2 saturated heterocycles. The van der Waals surface area contributed by atoms with Crippen LogP contribution in [0.3, 0.4) is 0 Å². The van der Waals surface area contributed by atoms with Crippen LogP contribution in [0.4, 0.5) is 0 Å². The zero-order chi connectivity index (χ0) is 26.2. The third-order valence-corrected chi connectivity index (χ3v) is 9.87. The van der Waals surface area contributed by atoms with Gasteiger partial charge in [0.05, 0.1) is 23.1 Å². The van der Waals surface area contributed by atoms with Crippen LogP contribution in [0.15, 0.2) is 23.6 Å². The zero-order valence-corrected chi connectivity index (χ0v) is 23.6. The van der Waals surface area contributed by atoms with Gasteiger partial charge in [-0.2, -0.15) is 0 Å². The predicted octanol–water partition coefficient (Wildman–Crippen LogP) is 3.22. The molecule has 6 rings (SSSR count). The SMILES string of the molecule is Cc1csc2c1=CCC(N1CC[C@@H](C(=O)N[C@H](CN3CCCC3)[C@H](O)c3ccc(OC4CC4)c(Cl)c3)C1)C=2. The number of thiophene rings is 1. The smallest absolute Gasteiger partial charge is 0.224 e. The number of halogens is 1. The first-order chi connectivity index (χ1) is 18.4. The average Bonchev–Trinajstić information content (AvgIpc) is 3.27. The number of fused-ring (bicyclic) bond motifs is 1. The molecule has 4 aliphatic rings. The van der Waals surface area contributed by atoms with E-state index in [1.807, 2.05) is 23.5 Å².